The molecule has 0 saturated heterocycles. The van der Waals surface area contributed by atoms with E-state index < -0.39 is 0 Å². The van der Waals surface area contributed by atoms with Crippen molar-refractivity contribution in [3.05, 3.63) is 64.2 Å². The fourth-order valence-electron chi connectivity index (χ4n) is 2.64. The van der Waals surface area contributed by atoms with Crippen LogP contribution in [-0.4, -0.2) is 23.7 Å². The van der Waals surface area contributed by atoms with E-state index in [1.54, 1.807) is 16.7 Å². The fourth-order valence-corrected chi connectivity index (χ4v) is 3.71. The largest absolute Gasteiger partial charge is 0.380 e. The van der Waals surface area contributed by atoms with Gasteiger partial charge in [0.15, 0.2) is 4.80 Å². The number of fused-ring (bicyclic) bond motifs is 1. The fraction of sp³-hybridized carbons (Fsp3) is 0.263. The van der Waals surface area contributed by atoms with Crippen LogP contribution in [0.3, 0.4) is 0 Å². The summed E-state index contributed by atoms with van der Waals surface area (Å²) in [5, 5.41) is 0. The van der Waals surface area contributed by atoms with Crippen molar-refractivity contribution in [3.63, 3.8) is 0 Å². The molecule has 0 atom stereocenters. The molecule has 0 unspecified atom stereocenters. The van der Waals surface area contributed by atoms with E-state index in [9.17, 15) is 9.18 Å². The molecule has 0 bridgehead atoms. The lowest BCUT2D eigenvalue weighted by atomic mass is 10.1. The summed E-state index contributed by atoms with van der Waals surface area (Å²) in [5.74, 6) is -0.648. The molecule has 0 N–H and O–H groups in total. The standard InChI is InChI=1S/C19H19FN2O2S/c1-3-24-12-11-22-17-15(20)9-6-10-16(17)25-19(22)21-18(23)14-8-5-4-7-13(14)2/h4-10H,3,11-12H2,1-2H3. The summed E-state index contributed by atoms with van der Waals surface area (Å²) < 4.78 is 22.2. The van der Waals surface area contributed by atoms with Gasteiger partial charge in [0.25, 0.3) is 5.91 Å². The smallest absolute Gasteiger partial charge is 0.279 e. The molecule has 0 spiro atoms. The van der Waals surface area contributed by atoms with Gasteiger partial charge in [-0.05, 0) is 37.6 Å². The Kier molecular flexibility index (Phi) is 5.40. The molecule has 2 aromatic carbocycles. The second-order valence-corrected chi connectivity index (χ2v) is 6.56. The third-order valence-electron chi connectivity index (χ3n) is 3.89. The van der Waals surface area contributed by atoms with E-state index in [1.807, 2.05) is 38.1 Å². The Labute approximate surface area is 149 Å². The van der Waals surface area contributed by atoms with Crippen molar-refractivity contribution < 1.29 is 13.9 Å². The zero-order valence-corrected chi connectivity index (χ0v) is 15.0. The molecule has 130 valence electrons. The van der Waals surface area contributed by atoms with Crippen LogP contribution in [0.25, 0.3) is 10.2 Å². The summed E-state index contributed by atoms with van der Waals surface area (Å²) in [6.07, 6.45) is 0. The molecule has 0 radical (unpaired) electrons. The molecule has 1 amide bonds. The van der Waals surface area contributed by atoms with E-state index in [1.165, 1.54) is 17.4 Å². The van der Waals surface area contributed by atoms with Gasteiger partial charge in [-0.3, -0.25) is 4.79 Å². The van der Waals surface area contributed by atoms with Gasteiger partial charge in [-0.2, -0.15) is 4.99 Å². The number of carbonyl (C=O) groups excluding carboxylic acids is 1. The summed E-state index contributed by atoms with van der Waals surface area (Å²) in [6.45, 7) is 5.23. The van der Waals surface area contributed by atoms with E-state index in [0.717, 1.165) is 10.3 Å². The second kappa shape index (κ2) is 7.72. The van der Waals surface area contributed by atoms with Crippen molar-refractivity contribution in [2.45, 2.75) is 20.4 Å². The topological polar surface area (TPSA) is 43.6 Å². The van der Waals surface area contributed by atoms with Gasteiger partial charge in [0.2, 0.25) is 0 Å². The first-order valence-electron chi connectivity index (χ1n) is 8.12. The van der Waals surface area contributed by atoms with Gasteiger partial charge in [-0.1, -0.05) is 35.6 Å². The molecule has 0 aliphatic heterocycles. The molecule has 1 heterocycles. The number of aryl methyl sites for hydroxylation is 1. The summed E-state index contributed by atoms with van der Waals surface area (Å²) in [4.78, 5) is 17.3. The van der Waals surface area contributed by atoms with E-state index in [0.29, 0.717) is 35.6 Å². The number of ether oxygens (including phenoxy) is 1. The SMILES string of the molecule is CCOCCn1c(=NC(=O)c2ccccc2C)sc2cccc(F)c21. The van der Waals surface area contributed by atoms with Crippen molar-refractivity contribution in [3.8, 4) is 0 Å². The summed E-state index contributed by atoms with van der Waals surface area (Å²) in [7, 11) is 0. The van der Waals surface area contributed by atoms with Crippen LogP contribution in [0.1, 0.15) is 22.8 Å². The van der Waals surface area contributed by atoms with Gasteiger partial charge in [0.05, 0.1) is 16.8 Å². The lowest BCUT2D eigenvalue weighted by Gasteiger charge is -2.06. The Morgan fingerprint density at radius 2 is 2.04 bits per heavy atom. The maximum Gasteiger partial charge on any atom is 0.279 e. The van der Waals surface area contributed by atoms with Gasteiger partial charge >= 0.3 is 0 Å². The van der Waals surface area contributed by atoms with Crippen LogP contribution < -0.4 is 4.80 Å². The summed E-state index contributed by atoms with van der Waals surface area (Å²) in [6, 6.07) is 12.2. The first-order chi connectivity index (χ1) is 12.1. The van der Waals surface area contributed by atoms with Crippen molar-refractivity contribution in [2.24, 2.45) is 4.99 Å². The number of aromatic nitrogens is 1. The second-order valence-electron chi connectivity index (χ2n) is 5.55. The number of hydrogen-bond acceptors (Lipinski definition) is 3. The van der Waals surface area contributed by atoms with Crippen LogP contribution >= 0.6 is 11.3 Å². The van der Waals surface area contributed by atoms with Crippen molar-refractivity contribution in [2.75, 3.05) is 13.2 Å². The Hall–Kier alpha value is -2.31. The molecule has 0 aliphatic rings. The van der Waals surface area contributed by atoms with E-state index >= 15 is 0 Å². The number of nitrogens with zero attached hydrogens (tertiary/aromatic N) is 2. The van der Waals surface area contributed by atoms with Crippen LogP contribution in [0.15, 0.2) is 47.5 Å². The zero-order chi connectivity index (χ0) is 17.8. The molecule has 3 aromatic rings. The lowest BCUT2D eigenvalue weighted by Crippen LogP contribution is -2.20. The minimum atomic E-state index is -0.324. The van der Waals surface area contributed by atoms with Crippen molar-refractivity contribution in [1.29, 1.82) is 0 Å². The predicted molar refractivity (Wildman–Crippen MR) is 97.3 cm³/mol. The van der Waals surface area contributed by atoms with Crippen LogP contribution in [-0.2, 0) is 11.3 Å². The van der Waals surface area contributed by atoms with Gasteiger partial charge in [-0.25, -0.2) is 4.39 Å². The van der Waals surface area contributed by atoms with Crippen LogP contribution in [0.5, 0.6) is 0 Å². The number of rotatable bonds is 5. The predicted octanol–water partition coefficient (Wildman–Crippen LogP) is 3.93. The Morgan fingerprint density at radius 1 is 1.24 bits per heavy atom. The van der Waals surface area contributed by atoms with Gasteiger partial charge in [0, 0.05) is 18.7 Å². The number of carbonyl (C=O) groups is 1. The molecular weight excluding hydrogens is 339 g/mol. The molecule has 3 rings (SSSR count). The Bertz CT molecular complexity index is 975. The maximum atomic E-state index is 14.3. The van der Waals surface area contributed by atoms with Crippen molar-refractivity contribution >= 4 is 27.5 Å². The first kappa shape index (κ1) is 17.5. The molecule has 25 heavy (non-hydrogen) atoms. The van der Waals surface area contributed by atoms with E-state index in [4.69, 9.17) is 4.74 Å². The number of halogens is 1. The highest BCUT2D eigenvalue weighted by Crippen LogP contribution is 2.20. The molecule has 4 nitrogen and oxygen atoms in total. The third kappa shape index (κ3) is 3.70. The number of amides is 1. The van der Waals surface area contributed by atoms with Gasteiger partial charge < -0.3 is 9.30 Å². The summed E-state index contributed by atoms with van der Waals surface area (Å²) in [5.41, 5.74) is 1.88. The molecule has 0 fully saturated rings. The number of hydrogen-bond donors (Lipinski definition) is 0. The van der Waals surface area contributed by atoms with Gasteiger partial charge in [0.1, 0.15) is 5.82 Å². The number of thiazole rings is 1. The van der Waals surface area contributed by atoms with Gasteiger partial charge in [-0.15, -0.1) is 0 Å². The van der Waals surface area contributed by atoms with Crippen LogP contribution in [0.2, 0.25) is 0 Å². The minimum absolute atomic E-state index is 0.324. The average Bonchev–Trinajstić information content (AvgIpc) is 2.94. The first-order valence-corrected chi connectivity index (χ1v) is 8.93. The molecular formula is C19H19FN2O2S. The third-order valence-corrected chi connectivity index (χ3v) is 4.93. The molecule has 0 aliphatic carbocycles. The zero-order valence-electron chi connectivity index (χ0n) is 14.2. The normalized spacial score (nSPS) is 12.0. The van der Waals surface area contributed by atoms with E-state index in [-0.39, 0.29) is 11.7 Å². The molecule has 0 saturated carbocycles. The average molecular weight is 358 g/mol. The van der Waals surface area contributed by atoms with Crippen molar-refractivity contribution in [1.82, 2.24) is 4.57 Å². The van der Waals surface area contributed by atoms with Crippen LogP contribution in [0.4, 0.5) is 4.39 Å². The highest BCUT2D eigenvalue weighted by Gasteiger charge is 2.13. The lowest BCUT2D eigenvalue weighted by molar-refractivity contribution is 0.0996. The quantitative estimate of drug-likeness (QED) is 0.649. The monoisotopic (exact) mass is 358 g/mol. The highest BCUT2D eigenvalue weighted by molar-refractivity contribution is 7.16. The Balaban J connectivity index is 2.11. The van der Waals surface area contributed by atoms with Crippen LogP contribution in [0, 0.1) is 12.7 Å². The molecule has 1 aromatic heterocycles. The highest BCUT2D eigenvalue weighted by atomic mass is 32.1. The number of para-hydroxylation sites is 1. The number of benzene rings is 2. The Morgan fingerprint density at radius 3 is 2.80 bits per heavy atom. The maximum absolute atomic E-state index is 14.3. The molecule has 6 heteroatoms. The minimum Gasteiger partial charge on any atom is -0.380 e. The van der Waals surface area contributed by atoms with E-state index in [2.05, 4.69) is 4.99 Å². The summed E-state index contributed by atoms with van der Waals surface area (Å²) >= 11 is 1.30.